The molecule has 0 heterocycles. The van der Waals surface area contributed by atoms with E-state index in [0.717, 1.165) is 6.42 Å². The molecule has 0 amide bonds. The molecule has 0 saturated carbocycles. The quantitative estimate of drug-likeness (QED) is 0.570. The first-order valence-electron chi connectivity index (χ1n) is 4.03. The van der Waals surface area contributed by atoms with Crippen LogP contribution in [-0.2, 0) is 0 Å². The normalized spacial score (nSPS) is 13.2. The van der Waals surface area contributed by atoms with Gasteiger partial charge >= 0.3 is 7.12 Å². The molecule has 2 N–H and O–H groups in total. The minimum atomic E-state index is -1.11. The fourth-order valence-electron chi connectivity index (χ4n) is 1.07. The fourth-order valence-corrected chi connectivity index (χ4v) is 1.07. The lowest BCUT2D eigenvalue weighted by atomic mass is 9.80. The minimum Gasteiger partial charge on any atom is -0.427 e. The van der Waals surface area contributed by atoms with Gasteiger partial charge in [-0.25, -0.2) is 0 Å². The highest BCUT2D eigenvalue weighted by molar-refractivity contribution is 6.40. The van der Waals surface area contributed by atoms with Crippen molar-refractivity contribution in [2.24, 2.45) is 5.92 Å². The summed E-state index contributed by atoms with van der Waals surface area (Å²) in [5.74, 6) is 0.631. The van der Waals surface area contributed by atoms with Gasteiger partial charge < -0.3 is 10.0 Å². The third-order valence-electron chi connectivity index (χ3n) is 1.70. The molecule has 1 atom stereocenters. The van der Waals surface area contributed by atoms with Crippen LogP contribution in [-0.4, -0.2) is 17.2 Å². The molecule has 2 nitrogen and oxygen atoms in total. The van der Waals surface area contributed by atoms with Crippen LogP contribution in [0.4, 0.5) is 0 Å². The maximum atomic E-state index is 8.53. The van der Waals surface area contributed by atoms with Crippen LogP contribution < -0.4 is 0 Å². The summed E-state index contributed by atoms with van der Waals surface area (Å²) in [5, 5.41) is 17.1. The molecule has 0 aliphatic rings. The molecule has 1 unspecified atom stereocenters. The molecular weight excluding hydrogens is 127 g/mol. The van der Waals surface area contributed by atoms with E-state index in [1.165, 1.54) is 12.8 Å². The largest absolute Gasteiger partial charge is 0.451 e. The summed E-state index contributed by atoms with van der Waals surface area (Å²) >= 11 is 0. The average Bonchev–Trinajstić information content (AvgIpc) is 1.85. The Balaban J connectivity index is 3.12. The molecule has 0 aromatic rings. The lowest BCUT2D eigenvalue weighted by Gasteiger charge is -2.07. The van der Waals surface area contributed by atoms with Crippen LogP contribution in [0.15, 0.2) is 0 Å². The number of rotatable bonds is 5. The Hall–Kier alpha value is -0.0151. The molecule has 0 spiro atoms. The Morgan fingerprint density at radius 2 is 1.90 bits per heavy atom. The summed E-state index contributed by atoms with van der Waals surface area (Å²) in [6.45, 7) is 4.29. The number of hydrogen-bond acceptors (Lipinski definition) is 2. The molecule has 0 rings (SSSR count). The zero-order valence-electron chi connectivity index (χ0n) is 6.88. The fraction of sp³-hybridized carbons (Fsp3) is 1.00. The van der Waals surface area contributed by atoms with Crippen molar-refractivity contribution in [1.29, 1.82) is 0 Å². The predicted molar refractivity (Wildman–Crippen MR) is 43.7 cm³/mol. The summed E-state index contributed by atoms with van der Waals surface area (Å²) < 4.78 is 0. The van der Waals surface area contributed by atoms with E-state index in [4.69, 9.17) is 10.0 Å². The van der Waals surface area contributed by atoms with Gasteiger partial charge in [-0.3, -0.25) is 0 Å². The van der Waals surface area contributed by atoms with Gasteiger partial charge in [-0.05, 0) is 12.2 Å². The van der Waals surface area contributed by atoms with Crippen LogP contribution in [0.5, 0.6) is 0 Å². The van der Waals surface area contributed by atoms with Crippen molar-refractivity contribution in [3.63, 3.8) is 0 Å². The first kappa shape index (κ1) is 9.98. The van der Waals surface area contributed by atoms with Crippen LogP contribution in [0.3, 0.4) is 0 Å². The van der Waals surface area contributed by atoms with Crippen LogP contribution in [0.2, 0.25) is 6.32 Å². The van der Waals surface area contributed by atoms with Gasteiger partial charge in [-0.2, -0.15) is 0 Å². The van der Waals surface area contributed by atoms with E-state index in [9.17, 15) is 0 Å². The van der Waals surface area contributed by atoms with E-state index in [-0.39, 0.29) is 0 Å². The molecule has 0 aliphatic heterocycles. The first-order chi connectivity index (χ1) is 4.66. The summed E-state index contributed by atoms with van der Waals surface area (Å²) in [5.41, 5.74) is 0. The Morgan fingerprint density at radius 1 is 1.30 bits per heavy atom. The summed E-state index contributed by atoms with van der Waals surface area (Å²) in [4.78, 5) is 0. The van der Waals surface area contributed by atoms with Crippen molar-refractivity contribution in [1.82, 2.24) is 0 Å². The molecule has 0 bridgehead atoms. The molecular formula is C7H17BO2. The van der Waals surface area contributed by atoms with Crippen LogP contribution in [0, 0.1) is 5.92 Å². The highest BCUT2D eigenvalue weighted by Gasteiger charge is 2.08. The van der Waals surface area contributed by atoms with Crippen molar-refractivity contribution in [3.05, 3.63) is 0 Å². The Morgan fingerprint density at radius 3 is 2.30 bits per heavy atom. The Labute approximate surface area is 63.4 Å². The summed E-state index contributed by atoms with van der Waals surface area (Å²) in [7, 11) is -1.11. The second-order valence-corrected chi connectivity index (χ2v) is 2.95. The molecule has 0 radical (unpaired) electrons. The van der Waals surface area contributed by atoms with Crippen LogP contribution >= 0.6 is 0 Å². The van der Waals surface area contributed by atoms with Crippen molar-refractivity contribution in [2.45, 2.75) is 39.4 Å². The van der Waals surface area contributed by atoms with Crippen LogP contribution in [0.25, 0.3) is 0 Å². The van der Waals surface area contributed by atoms with Crippen molar-refractivity contribution < 1.29 is 10.0 Å². The van der Waals surface area contributed by atoms with Crippen LogP contribution in [0.1, 0.15) is 33.1 Å². The van der Waals surface area contributed by atoms with Gasteiger partial charge in [0.1, 0.15) is 0 Å². The third kappa shape index (κ3) is 6.11. The maximum absolute atomic E-state index is 8.53. The van der Waals surface area contributed by atoms with E-state index in [1.807, 2.05) is 0 Å². The van der Waals surface area contributed by atoms with Gasteiger partial charge in [0.2, 0.25) is 0 Å². The Bertz CT molecular complexity index is 76.0. The van der Waals surface area contributed by atoms with Gasteiger partial charge in [-0.15, -0.1) is 0 Å². The molecule has 0 aromatic heterocycles. The van der Waals surface area contributed by atoms with E-state index in [1.54, 1.807) is 0 Å². The van der Waals surface area contributed by atoms with Crippen molar-refractivity contribution in [2.75, 3.05) is 0 Å². The van der Waals surface area contributed by atoms with E-state index in [2.05, 4.69) is 13.8 Å². The SMILES string of the molecule is CCCC(C)CCB(O)O. The molecule has 0 fully saturated rings. The van der Waals surface area contributed by atoms with Gasteiger partial charge in [0, 0.05) is 0 Å². The number of hydrogen-bond donors (Lipinski definition) is 2. The summed E-state index contributed by atoms with van der Waals surface area (Å²) in [6, 6.07) is 0. The van der Waals surface area contributed by atoms with Gasteiger partial charge in [0.25, 0.3) is 0 Å². The molecule has 0 aromatic carbocycles. The smallest absolute Gasteiger partial charge is 0.427 e. The summed E-state index contributed by atoms with van der Waals surface area (Å²) in [6.07, 6.45) is 3.81. The van der Waals surface area contributed by atoms with Crippen molar-refractivity contribution >= 4 is 7.12 Å². The Kier molecular flexibility index (Phi) is 5.74. The highest BCUT2D eigenvalue weighted by atomic mass is 16.4. The minimum absolute atomic E-state index is 0.515. The highest BCUT2D eigenvalue weighted by Crippen LogP contribution is 2.12. The molecule has 3 heteroatoms. The van der Waals surface area contributed by atoms with E-state index < -0.39 is 7.12 Å². The zero-order valence-corrected chi connectivity index (χ0v) is 6.88. The zero-order chi connectivity index (χ0) is 7.98. The lowest BCUT2D eigenvalue weighted by molar-refractivity contribution is 0.390. The van der Waals surface area contributed by atoms with E-state index >= 15 is 0 Å². The predicted octanol–water partition coefficient (Wildman–Crippen LogP) is 1.29. The first-order valence-corrected chi connectivity index (χ1v) is 4.03. The maximum Gasteiger partial charge on any atom is 0.451 e. The van der Waals surface area contributed by atoms with Gasteiger partial charge in [-0.1, -0.05) is 33.1 Å². The molecule has 10 heavy (non-hydrogen) atoms. The second-order valence-electron chi connectivity index (χ2n) is 2.95. The topological polar surface area (TPSA) is 40.5 Å². The second kappa shape index (κ2) is 5.75. The standard InChI is InChI=1S/C7H17BO2/c1-3-4-7(2)5-6-8(9)10/h7,9-10H,3-6H2,1-2H3. The van der Waals surface area contributed by atoms with E-state index in [0.29, 0.717) is 12.2 Å². The van der Waals surface area contributed by atoms with Crippen molar-refractivity contribution in [3.8, 4) is 0 Å². The average molecular weight is 144 g/mol. The molecule has 0 saturated heterocycles. The monoisotopic (exact) mass is 144 g/mol. The lowest BCUT2D eigenvalue weighted by Crippen LogP contribution is -2.11. The molecule has 60 valence electrons. The molecule has 0 aliphatic carbocycles. The van der Waals surface area contributed by atoms with Gasteiger partial charge in [0.05, 0.1) is 0 Å². The van der Waals surface area contributed by atoms with Gasteiger partial charge in [0.15, 0.2) is 0 Å². The third-order valence-corrected chi connectivity index (χ3v) is 1.70.